The van der Waals surface area contributed by atoms with Crippen molar-refractivity contribution in [1.82, 2.24) is 15.5 Å². The molecule has 0 bridgehead atoms. The number of hydrogen-bond acceptors (Lipinski definition) is 6. The summed E-state index contributed by atoms with van der Waals surface area (Å²) in [5.41, 5.74) is 6.19. The number of nitrogens with zero attached hydrogens (tertiary/aromatic N) is 3. The van der Waals surface area contributed by atoms with Crippen molar-refractivity contribution in [3.63, 3.8) is 0 Å². The lowest BCUT2D eigenvalue weighted by Gasteiger charge is -2.35. The second-order valence-electron chi connectivity index (χ2n) is 9.14. The molecule has 0 fully saturated rings. The fourth-order valence-corrected chi connectivity index (χ4v) is 4.78. The highest BCUT2D eigenvalue weighted by Gasteiger charge is 2.36. The predicted octanol–water partition coefficient (Wildman–Crippen LogP) is 6.04. The molecule has 186 valence electrons. The van der Waals surface area contributed by atoms with E-state index in [4.69, 9.17) is 19.0 Å². The van der Waals surface area contributed by atoms with E-state index in [2.05, 4.69) is 29.5 Å². The molecule has 8 heteroatoms. The Hall–Kier alpha value is -4.59. The number of hydrogen-bond donors (Lipinski definition) is 1. The van der Waals surface area contributed by atoms with Crippen LogP contribution in [0.4, 0.5) is 10.5 Å². The monoisotopic (exact) mass is 494 g/mol. The summed E-state index contributed by atoms with van der Waals surface area (Å²) in [7, 11) is 0. The van der Waals surface area contributed by atoms with Crippen molar-refractivity contribution in [3.05, 3.63) is 95.0 Å². The number of anilines is 1. The fraction of sp³-hybridized carbons (Fsp3) is 0.207. The molecule has 0 spiro atoms. The molecule has 1 N–H and O–H groups in total. The molecule has 4 aromatic rings. The Morgan fingerprint density at radius 1 is 1.00 bits per heavy atom. The number of ether oxygens (including phenoxy) is 2. The molecule has 2 amide bonds. The van der Waals surface area contributed by atoms with Crippen LogP contribution < -0.4 is 19.7 Å². The summed E-state index contributed by atoms with van der Waals surface area (Å²) >= 11 is 0. The molecule has 1 atom stereocenters. The fourth-order valence-electron chi connectivity index (χ4n) is 4.78. The van der Waals surface area contributed by atoms with Gasteiger partial charge in [-0.15, -0.1) is 0 Å². The molecule has 8 nitrogen and oxygen atoms in total. The first-order valence-corrected chi connectivity index (χ1v) is 12.2. The van der Waals surface area contributed by atoms with Gasteiger partial charge in [0.05, 0.1) is 17.3 Å². The predicted molar refractivity (Wildman–Crippen MR) is 139 cm³/mol. The van der Waals surface area contributed by atoms with Crippen LogP contribution >= 0.6 is 0 Å². The number of carbonyl (C=O) groups excluding carboxylic acids is 1. The molecular formula is C29H26N4O4. The van der Waals surface area contributed by atoms with Gasteiger partial charge < -0.3 is 19.3 Å². The number of urea groups is 1. The minimum atomic E-state index is -0.454. The lowest BCUT2D eigenvalue weighted by molar-refractivity contribution is 0.174. The van der Waals surface area contributed by atoms with Crippen molar-refractivity contribution in [1.29, 1.82) is 0 Å². The van der Waals surface area contributed by atoms with Gasteiger partial charge in [0.2, 0.25) is 12.6 Å². The molecule has 0 radical (unpaired) electrons. The summed E-state index contributed by atoms with van der Waals surface area (Å²) in [5.74, 6) is 2.09. The van der Waals surface area contributed by atoms with Crippen LogP contribution in [0, 0.1) is 6.92 Å². The quantitative estimate of drug-likeness (QED) is 0.364. The maximum Gasteiger partial charge on any atom is 0.326 e. The normalized spacial score (nSPS) is 16.8. The highest BCUT2D eigenvalue weighted by atomic mass is 16.7. The largest absolute Gasteiger partial charge is 0.454 e. The Bertz CT molecular complexity index is 1520. The highest BCUT2D eigenvalue weighted by molar-refractivity contribution is 6.01. The van der Waals surface area contributed by atoms with Crippen molar-refractivity contribution in [2.45, 2.75) is 33.2 Å². The van der Waals surface area contributed by atoms with Gasteiger partial charge in [-0.1, -0.05) is 48.5 Å². The van der Waals surface area contributed by atoms with E-state index in [-0.39, 0.29) is 12.8 Å². The van der Waals surface area contributed by atoms with Crippen LogP contribution in [0.3, 0.4) is 0 Å². The molecule has 37 heavy (non-hydrogen) atoms. The van der Waals surface area contributed by atoms with Crippen LogP contribution in [-0.2, 0) is 6.42 Å². The molecular weight excluding hydrogens is 468 g/mol. The number of nitrogens with one attached hydrogen (secondary N) is 1. The summed E-state index contributed by atoms with van der Waals surface area (Å²) in [6, 6.07) is 20.9. The zero-order valence-electron chi connectivity index (χ0n) is 20.8. The number of aryl methyl sites for hydroxylation is 2. The Kier molecular flexibility index (Phi) is 5.64. The van der Waals surface area contributed by atoms with E-state index < -0.39 is 6.04 Å². The smallest absolute Gasteiger partial charge is 0.326 e. The molecule has 2 aliphatic rings. The van der Waals surface area contributed by atoms with Gasteiger partial charge in [0.25, 0.3) is 5.89 Å². The molecule has 0 saturated carbocycles. The lowest BCUT2D eigenvalue weighted by Crippen LogP contribution is -2.46. The maximum absolute atomic E-state index is 13.4. The average Bonchev–Trinajstić information content (AvgIpc) is 3.58. The highest BCUT2D eigenvalue weighted by Crippen LogP contribution is 2.40. The average molecular weight is 495 g/mol. The summed E-state index contributed by atoms with van der Waals surface area (Å²) < 4.78 is 16.7. The molecule has 0 saturated heterocycles. The van der Waals surface area contributed by atoms with Gasteiger partial charge in [0, 0.05) is 11.3 Å². The Morgan fingerprint density at radius 2 is 1.81 bits per heavy atom. The van der Waals surface area contributed by atoms with Crippen molar-refractivity contribution in [2.24, 2.45) is 0 Å². The molecule has 1 unspecified atom stereocenters. The second kappa shape index (κ2) is 9.13. The summed E-state index contributed by atoms with van der Waals surface area (Å²) in [6.45, 7) is 6.21. The first-order valence-electron chi connectivity index (χ1n) is 12.2. The van der Waals surface area contributed by atoms with Crippen molar-refractivity contribution in [2.75, 3.05) is 11.7 Å². The van der Waals surface area contributed by atoms with Crippen LogP contribution in [0.1, 0.15) is 42.5 Å². The Labute approximate surface area is 214 Å². The van der Waals surface area contributed by atoms with E-state index in [1.807, 2.05) is 68.4 Å². The van der Waals surface area contributed by atoms with E-state index in [9.17, 15) is 4.79 Å². The van der Waals surface area contributed by atoms with Gasteiger partial charge in [0.15, 0.2) is 11.5 Å². The first kappa shape index (κ1) is 22.8. The minimum absolute atomic E-state index is 0.190. The molecule has 1 aromatic heterocycles. The zero-order chi connectivity index (χ0) is 25.5. The molecule has 2 aliphatic heterocycles. The van der Waals surface area contributed by atoms with Crippen LogP contribution in [0.5, 0.6) is 11.5 Å². The van der Waals surface area contributed by atoms with Gasteiger partial charge in [-0.05, 0) is 67.3 Å². The van der Waals surface area contributed by atoms with Gasteiger partial charge in [-0.25, -0.2) is 4.79 Å². The number of fused-ring (bicyclic) bond motifs is 1. The molecule has 3 heterocycles. The lowest BCUT2D eigenvalue weighted by atomic mass is 9.93. The standard InChI is InChI=1S/C29H26N4O4/c1-4-19-8-10-20(11-9-19)26-25(18(3)33(29(34)30-26)22-7-5-6-17(2)14-22)28-31-27(32-37-28)21-12-13-23-24(15-21)36-16-35-23/h5-15,26H,4,16H2,1-3H3,(H,30,34). The van der Waals surface area contributed by atoms with E-state index in [1.54, 1.807) is 4.90 Å². The third kappa shape index (κ3) is 4.10. The van der Waals surface area contributed by atoms with E-state index in [0.29, 0.717) is 23.2 Å². The zero-order valence-corrected chi connectivity index (χ0v) is 20.8. The summed E-state index contributed by atoms with van der Waals surface area (Å²) in [4.78, 5) is 19.8. The molecule has 3 aromatic carbocycles. The van der Waals surface area contributed by atoms with E-state index in [0.717, 1.165) is 40.1 Å². The van der Waals surface area contributed by atoms with Gasteiger partial charge in [0.1, 0.15) is 0 Å². The SMILES string of the molecule is CCc1ccc(C2NC(=O)N(c3cccc(C)c3)C(C)=C2c2nc(-c3ccc4c(c3)OCO4)no2)cc1. The van der Waals surface area contributed by atoms with Crippen LogP contribution in [0.2, 0.25) is 0 Å². The Balaban J connectivity index is 1.46. The first-order chi connectivity index (χ1) is 18.0. The number of carbonyl (C=O) groups is 1. The van der Waals surface area contributed by atoms with Crippen LogP contribution in [-0.4, -0.2) is 23.0 Å². The molecule has 0 aliphatic carbocycles. The minimum Gasteiger partial charge on any atom is -0.454 e. The third-order valence-electron chi connectivity index (χ3n) is 6.75. The number of benzene rings is 3. The van der Waals surface area contributed by atoms with Gasteiger partial charge >= 0.3 is 6.03 Å². The summed E-state index contributed by atoms with van der Waals surface area (Å²) in [6.07, 6.45) is 0.933. The van der Waals surface area contributed by atoms with Crippen LogP contribution in [0.15, 0.2) is 77.0 Å². The third-order valence-corrected chi connectivity index (χ3v) is 6.75. The number of amides is 2. The number of allylic oxidation sites excluding steroid dienone is 1. The van der Waals surface area contributed by atoms with Crippen molar-refractivity contribution < 1.29 is 18.8 Å². The second-order valence-corrected chi connectivity index (χ2v) is 9.14. The van der Waals surface area contributed by atoms with E-state index >= 15 is 0 Å². The number of rotatable bonds is 5. The van der Waals surface area contributed by atoms with Gasteiger partial charge in [-0.2, -0.15) is 4.98 Å². The summed E-state index contributed by atoms with van der Waals surface area (Å²) in [5, 5.41) is 7.43. The maximum atomic E-state index is 13.4. The topological polar surface area (TPSA) is 89.7 Å². The van der Waals surface area contributed by atoms with E-state index in [1.165, 1.54) is 5.56 Å². The number of aromatic nitrogens is 2. The van der Waals surface area contributed by atoms with Gasteiger partial charge in [-0.3, -0.25) is 4.90 Å². The molecule has 6 rings (SSSR count). The van der Waals surface area contributed by atoms with Crippen molar-refractivity contribution in [3.8, 4) is 22.9 Å². The van der Waals surface area contributed by atoms with Crippen LogP contribution in [0.25, 0.3) is 17.0 Å². The van der Waals surface area contributed by atoms with Crippen molar-refractivity contribution >= 4 is 17.3 Å². The Morgan fingerprint density at radius 3 is 2.59 bits per heavy atom.